The zero-order valence-electron chi connectivity index (χ0n) is 14.0. The van der Waals surface area contributed by atoms with E-state index in [1.165, 1.54) is 22.3 Å². The first-order valence-electron chi connectivity index (χ1n) is 7.97. The van der Waals surface area contributed by atoms with E-state index < -0.39 is 11.6 Å². The minimum Gasteiger partial charge on any atom is -0.302 e. The molecule has 3 aromatic rings. The molecule has 134 valence electrons. The van der Waals surface area contributed by atoms with Gasteiger partial charge in [0, 0.05) is 15.8 Å². The number of halogens is 2. The molecule has 0 spiro atoms. The van der Waals surface area contributed by atoms with Gasteiger partial charge in [-0.25, -0.2) is 13.8 Å². The molecule has 26 heavy (non-hydrogen) atoms. The van der Waals surface area contributed by atoms with Gasteiger partial charge in [0.15, 0.2) is 16.8 Å². The Morgan fingerprint density at radius 2 is 1.92 bits per heavy atom. The number of thioether (sulfide) groups is 1. The Balaban J connectivity index is 1.63. The van der Waals surface area contributed by atoms with Crippen molar-refractivity contribution in [2.45, 2.75) is 18.2 Å². The van der Waals surface area contributed by atoms with Crippen LogP contribution in [-0.2, 0) is 11.2 Å². The fraction of sp³-hybridized carbons (Fsp3) is 0.158. The van der Waals surface area contributed by atoms with Gasteiger partial charge in [-0.15, -0.1) is 23.1 Å². The molecule has 0 aliphatic heterocycles. The number of benzene rings is 2. The fourth-order valence-electron chi connectivity index (χ4n) is 2.34. The summed E-state index contributed by atoms with van der Waals surface area (Å²) in [7, 11) is 0. The van der Waals surface area contributed by atoms with Crippen LogP contribution < -0.4 is 5.32 Å². The number of aromatic nitrogens is 1. The molecule has 0 radical (unpaired) electrons. The maximum absolute atomic E-state index is 13.3. The zero-order valence-corrected chi connectivity index (χ0v) is 15.6. The van der Waals surface area contributed by atoms with E-state index in [2.05, 4.69) is 17.2 Å². The summed E-state index contributed by atoms with van der Waals surface area (Å²) in [5.41, 5.74) is 1.87. The first-order chi connectivity index (χ1) is 12.5. The van der Waals surface area contributed by atoms with E-state index in [1.54, 1.807) is 17.1 Å². The lowest BCUT2D eigenvalue weighted by Crippen LogP contribution is -2.14. The lowest BCUT2D eigenvalue weighted by molar-refractivity contribution is -0.115. The molecule has 7 heteroatoms. The van der Waals surface area contributed by atoms with Crippen LogP contribution in [0.4, 0.5) is 13.9 Å². The van der Waals surface area contributed by atoms with Crippen LogP contribution in [0.25, 0.3) is 11.3 Å². The first kappa shape index (κ1) is 18.5. The van der Waals surface area contributed by atoms with Crippen LogP contribution in [0.15, 0.2) is 52.7 Å². The summed E-state index contributed by atoms with van der Waals surface area (Å²) in [6, 6.07) is 11.5. The third-order valence-electron chi connectivity index (χ3n) is 3.56. The molecule has 0 unspecified atom stereocenters. The highest BCUT2D eigenvalue weighted by molar-refractivity contribution is 7.99. The van der Waals surface area contributed by atoms with Crippen molar-refractivity contribution in [3.05, 3.63) is 65.0 Å². The van der Waals surface area contributed by atoms with Gasteiger partial charge < -0.3 is 5.32 Å². The molecule has 2 aromatic carbocycles. The molecule has 0 aliphatic rings. The molecule has 1 amide bonds. The van der Waals surface area contributed by atoms with Crippen molar-refractivity contribution >= 4 is 34.1 Å². The van der Waals surface area contributed by atoms with E-state index in [-0.39, 0.29) is 12.3 Å². The molecule has 0 fully saturated rings. The SMILES string of the molecule is CCSc1ccc(CC(=O)Nc2nc(-c3ccc(F)c(F)c3)cs2)cc1. The Bertz CT molecular complexity index is 910. The number of carbonyl (C=O) groups is 1. The van der Waals surface area contributed by atoms with Gasteiger partial charge in [-0.2, -0.15) is 0 Å². The van der Waals surface area contributed by atoms with E-state index >= 15 is 0 Å². The van der Waals surface area contributed by atoms with Crippen molar-refractivity contribution in [3.63, 3.8) is 0 Å². The minimum absolute atomic E-state index is 0.174. The van der Waals surface area contributed by atoms with Crippen LogP contribution in [0.2, 0.25) is 0 Å². The molecule has 0 saturated carbocycles. The quantitative estimate of drug-likeness (QED) is 0.575. The minimum atomic E-state index is -0.925. The Morgan fingerprint density at radius 3 is 2.62 bits per heavy atom. The predicted octanol–water partition coefficient (Wildman–Crippen LogP) is 5.38. The summed E-state index contributed by atoms with van der Waals surface area (Å²) in [5.74, 6) is -0.997. The third-order valence-corrected chi connectivity index (χ3v) is 5.22. The van der Waals surface area contributed by atoms with E-state index in [9.17, 15) is 13.6 Å². The highest BCUT2D eigenvalue weighted by Crippen LogP contribution is 2.26. The number of anilines is 1. The summed E-state index contributed by atoms with van der Waals surface area (Å²) >= 11 is 2.99. The van der Waals surface area contributed by atoms with Crippen LogP contribution in [0, 0.1) is 11.6 Å². The molecule has 1 aromatic heterocycles. The topological polar surface area (TPSA) is 42.0 Å². The van der Waals surface area contributed by atoms with E-state index in [0.717, 1.165) is 23.4 Å². The zero-order chi connectivity index (χ0) is 18.5. The molecule has 3 nitrogen and oxygen atoms in total. The Hall–Kier alpha value is -2.25. The van der Waals surface area contributed by atoms with E-state index in [0.29, 0.717) is 16.4 Å². The average molecular weight is 390 g/mol. The molecule has 0 bridgehead atoms. The van der Waals surface area contributed by atoms with Gasteiger partial charge >= 0.3 is 0 Å². The lowest BCUT2D eigenvalue weighted by Gasteiger charge is -2.04. The number of thiazole rings is 1. The molecule has 1 heterocycles. The smallest absolute Gasteiger partial charge is 0.230 e. The van der Waals surface area contributed by atoms with Crippen LogP contribution in [-0.4, -0.2) is 16.6 Å². The summed E-state index contributed by atoms with van der Waals surface area (Å²) in [6.07, 6.45) is 0.247. The molecular formula is C19H16F2N2OS2. The summed E-state index contributed by atoms with van der Waals surface area (Å²) in [5, 5.41) is 4.86. The Labute approximate surface area is 158 Å². The fourth-order valence-corrected chi connectivity index (χ4v) is 3.74. The van der Waals surface area contributed by atoms with Gasteiger partial charge in [-0.05, 0) is 41.6 Å². The summed E-state index contributed by atoms with van der Waals surface area (Å²) in [4.78, 5) is 17.6. The number of nitrogens with zero attached hydrogens (tertiary/aromatic N) is 1. The maximum Gasteiger partial charge on any atom is 0.230 e. The first-order valence-corrected chi connectivity index (χ1v) is 9.84. The van der Waals surface area contributed by atoms with Crippen LogP contribution >= 0.6 is 23.1 Å². The van der Waals surface area contributed by atoms with Crippen LogP contribution in [0.5, 0.6) is 0 Å². The molecular weight excluding hydrogens is 374 g/mol. The second-order valence-corrected chi connectivity index (χ2v) is 7.66. The molecule has 3 rings (SSSR count). The van der Waals surface area contributed by atoms with Gasteiger partial charge in [0.1, 0.15) is 0 Å². The molecule has 0 saturated heterocycles. The molecule has 1 N–H and O–H groups in total. The normalized spacial score (nSPS) is 10.7. The standard InChI is InChI=1S/C19H16F2N2OS2/c1-2-25-14-6-3-12(4-7-14)9-18(24)23-19-22-17(11-26-19)13-5-8-15(20)16(21)10-13/h3-8,10-11H,2,9H2,1H3,(H,22,23,24). The highest BCUT2D eigenvalue weighted by Gasteiger charge is 2.11. The number of nitrogens with one attached hydrogen (secondary N) is 1. The van der Waals surface area contributed by atoms with Crippen molar-refractivity contribution in [2.75, 3.05) is 11.1 Å². The molecule has 0 aliphatic carbocycles. The third kappa shape index (κ3) is 4.68. The van der Waals surface area contributed by atoms with Gasteiger partial charge in [-0.3, -0.25) is 4.79 Å². The monoisotopic (exact) mass is 390 g/mol. The van der Waals surface area contributed by atoms with Gasteiger partial charge in [0.2, 0.25) is 5.91 Å². The summed E-state index contributed by atoms with van der Waals surface area (Å²) in [6.45, 7) is 2.09. The molecule has 0 atom stereocenters. The maximum atomic E-state index is 13.3. The van der Waals surface area contributed by atoms with Crippen molar-refractivity contribution in [1.82, 2.24) is 4.98 Å². The average Bonchev–Trinajstić information content (AvgIpc) is 3.07. The van der Waals surface area contributed by atoms with E-state index in [1.807, 2.05) is 24.3 Å². The number of carbonyl (C=O) groups excluding carboxylic acids is 1. The van der Waals surface area contributed by atoms with Gasteiger partial charge in [0.05, 0.1) is 12.1 Å². The largest absolute Gasteiger partial charge is 0.302 e. The van der Waals surface area contributed by atoms with Crippen molar-refractivity contribution < 1.29 is 13.6 Å². The van der Waals surface area contributed by atoms with Gasteiger partial charge in [0.25, 0.3) is 0 Å². The Kier molecular flexibility index (Phi) is 6.00. The number of hydrogen-bond acceptors (Lipinski definition) is 4. The van der Waals surface area contributed by atoms with Gasteiger partial charge in [-0.1, -0.05) is 19.1 Å². The second-order valence-electron chi connectivity index (χ2n) is 5.47. The second kappa shape index (κ2) is 8.42. The van der Waals surface area contributed by atoms with Crippen molar-refractivity contribution in [3.8, 4) is 11.3 Å². The predicted molar refractivity (Wildman–Crippen MR) is 103 cm³/mol. The number of hydrogen-bond donors (Lipinski definition) is 1. The number of amides is 1. The Morgan fingerprint density at radius 1 is 1.15 bits per heavy atom. The van der Waals surface area contributed by atoms with Crippen molar-refractivity contribution in [1.29, 1.82) is 0 Å². The van der Waals surface area contributed by atoms with Crippen molar-refractivity contribution in [2.24, 2.45) is 0 Å². The van der Waals surface area contributed by atoms with Crippen LogP contribution in [0.1, 0.15) is 12.5 Å². The highest BCUT2D eigenvalue weighted by atomic mass is 32.2. The lowest BCUT2D eigenvalue weighted by atomic mass is 10.1. The van der Waals surface area contributed by atoms with E-state index in [4.69, 9.17) is 0 Å². The van der Waals surface area contributed by atoms with Crippen LogP contribution in [0.3, 0.4) is 0 Å². The summed E-state index contributed by atoms with van der Waals surface area (Å²) < 4.78 is 26.3. The number of rotatable bonds is 6.